The molecule has 3 nitrogen and oxygen atoms in total. The van der Waals surface area contributed by atoms with E-state index in [-0.39, 0.29) is 11.9 Å². The number of fused-ring (bicyclic) bond motifs is 1. The SMILES string of the molecule is CCOC(=O)[C@H]1CCC=C(c2cc(Cl)c3ccc(Cl)c(Cl)c3n2)C1. The zero-order chi connectivity index (χ0) is 17.3. The van der Waals surface area contributed by atoms with Gasteiger partial charge in [-0.25, -0.2) is 4.98 Å². The number of halogens is 3. The molecule has 1 aliphatic carbocycles. The van der Waals surface area contributed by atoms with Crippen molar-refractivity contribution < 1.29 is 9.53 Å². The average molecular weight is 385 g/mol. The van der Waals surface area contributed by atoms with Gasteiger partial charge in [-0.05, 0) is 50.0 Å². The van der Waals surface area contributed by atoms with Gasteiger partial charge in [0.2, 0.25) is 0 Å². The molecule has 3 rings (SSSR count). The van der Waals surface area contributed by atoms with Crippen LogP contribution in [-0.2, 0) is 9.53 Å². The van der Waals surface area contributed by atoms with Gasteiger partial charge in [-0.1, -0.05) is 40.9 Å². The van der Waals surface area contributed by atoms with Gasteiger partial charge < -0.3 is 4.74 Å². The maximum atomic E-state index is 12.0. The van der Waals surface area contributed by atoms with Crippen molar-refractivity contribution in [1.29, 1.82) is 0 Å². The molecule has 0 aliphatic heterocycles. The molecule has 1 aromatic heterocycles. The van der Waals surface area contributed by atoms with Gasteiger partial charge in [-0.15, -0.1) is 0 Å². The fraction of sp³-hybridized carbons (Fsp3) is 0.333. The van der Waals surface area contributed by atoms with Gasteiger partial charge in [-0.2, -0.15) is 0 Å². The van der Waals surface area contributed by atoms with Gasteiger partial charge in [0.15, 0.2) is 0 Å². The van der Waals surface area contributed by atoms with Crippen LogP contribution in [0.5, 0.6) is 0 Å². The number of rotatable bonds is 3. The highest BCUT2D eigenvalue weighted by atomic mass is 35.5. The lowest BCUT2D eigenvalue weighted by Crippen LogP contribution is -2.20. The minimum absolute atomic E-state index is 0.143. The number of hydrogen-bond donors (Lipinski definition) is 0. The topological polar surface area (TPSA) is 39.2 Å². The molecule has 0 saturated heterocycles. The van der Waals surface area contributed by atoms with Crippen molar-refractivity contribution in [2.75, 3.05) is 6.61 Å². The molecule has 24 heavy (non-hydrogen) atoms. The summed E-state index contributed by atoms with van der Waals surface area (Å²) in [6.07, 6.45) is 4.28. The summed E-state index contributed by atoms with van der Waals surface area (Å²) in [5.74, 6) is -0.299. The molecule has 0 radical (unpaired) electrons. The minimum Gasteiger partial charge on any atom is -0.466 e. The zero-order valence-corrected chi connectivity index (χ0v) is 15.4. The largest absolute Gasteiger partial charge is 0.466 e. The summed E-state index contributed by atoms with van der Waals surface area (Å²) in [6, 6.07) is 5.32. The van der Waals surface area contributed by atoms with Crippen LogP contribution in [0.4, 0.5) is 0 Å². The van der Waals surface area contributed by atoms with E-state index in [1.165, 1.54) is 0 Å². The number of esters is 1. The first-order chi connectivity index (χ1) is 11.5. The van der Waals surface area contributed by atoms with Crippen molar-refractivity contribution in [2.45, 2.75) is 26.2 Å². The predicted octanol–water partition coefficient (Wildman–Crippen LogP) is 5.94. The summed E-state index contributed by atoms with van der Waals surface area (Å²) in [5.41, 5.74) is 2.29. The number of carbonyl (C=O) groups excluding carboxylic acids is 1. The van der Waals surface area contributed by atoms with E-state index >= 15 is 0 Å². The first kappa shape index (κ1) is 17.5. The van der Waals surface area contributed by atoms with E-state index in [0.717, 1.165) is 29.5 Å². The van der Waals surface area contributed by atoms with Crippen LogP contribution < -0.4 is 0 Å². The summed E-state index contributed by atoms with van der Waals surface area (Å²) >= 11 is 18.8. The Hall–Kier alpha value is -1.29. The molecule has 0 unspecified atom stereocenters. The van der Waals surface area contributed by atoms with Crippen LogP contribution >= 0.6 is 34.8 Å². The number of allylic oxidation sites excluding steroid dienone is 2. The second-order valence-corrected chi connectivity index (χ2v) is 6.90. The van der Waals surface area contributed by atoms with E-state index in [2.05, 4.69) is 11.1 Å². The van der Waals surface area contributed by atoms with E-state index in [1.807, 2.05) is 13.0 Å². The van der Waals surface area contributed by atoms with E-state index in [9.17, 15) is 4.79 Å². The Bertz CT molecular complexity index is 833. The standard InChI is InChI=1S/C18H16Cl3NO2/c1-2-24-18(23)11-5-3-4-10(8-11)15-9-14(20)12-6-7-13(19)16(21)17(12)22-15/h4,6-7,9,11H,2-3,5,8H2,1H3/t11-/m0/s1. The Labute approximate surface area is 155 Å². The van der Waals surface area contributed by atoms with E-state index in [1.54, 1.807) is 12.1 Å². The molecule has 1 atom stereocenters. The molecule has 0 fully saturated rings. The predicted molar refractivity (Wildman–Crippen MR) is 98.7 cm³/mol. The van der Waals surface area contributed by atoms with Crippen molar-refractivity contribution in [2.24, 2.45) is 5.92 Å². The van der Waals surface area contributed by atoms with Crippen LogP contribution in [0.2, 0.25) is 15.1 Å². The van der Waals surface area contributed by atoms with Crippen molar-refractivity contribution in [1.82, 2.24) is 4.98 Å². The highest BCUT2D eigenvalue weighted by Gasteiger charge is 2.25. The van der Waals surface area contributed by atoms with Gasteiger partial charge in [-0.3, -0.25) is 4.79 Å². The van der Waals surface area contributed by atoms with Gasteiger partial charge in [0.05, 0.1) is 38.8 Å². The van der Waals surface area contributed by atoms with E-state index < -0.39 is 0 Å². The monoisotopic (exact) mass is 383 g/mol. The Morgan fingerprint density at radius 1 is 1.29 bits per heavy atom. The molecular formula is C18H16Cl3NO2. The van der Waals surface area contributed by atoms with E-state index in [4.69, 9.17) is 39.5 Å². The number of carbonyl (C=O) groups is 1. The van der Waals surface area contributed by atoms with Crippen molar-refractivity contribution >= 4 is 57.2 Å². The maximum absolute atomic E-state index is 12.0. The number of ether oxygens (including phenoxy) is 1. The first-order valence-corrected chi connectivity index (χ1v) is 8.95. The molecule has 0 saturated carbocycles. The van der Waals surface area contributed by atoms with Crippen LogP contribution in [0.25, 0.3) is 16.5 Å². The molecule has 1 aliphatic rings. The molecule has 0 bridgehead atoms. The average Bonchev–Trinajstić information content (AvgIpc) is 2.58. The normalized spacial score (nSPS) is 17.7. The van der Waals surface area contributed by atoms with Crippen molar-refractivity contribution in [3.05, 3.63) is 45.0 Å². The summed E-state index contributed by atoms with van der Waals surface area (Å²) in [7, 11) is 0. The molecule has 1 heterocycles. The minimum atomic E-state index is -0.156. The third-order valence-corrected chi connectivity index (χ3v) is 5.25. The second kappa shape index (κ2) is 7.30. The van der Waals surface area contributed by atoms with Crippen LogP contribution in [0.15, 0.2) is 24.3 Å². The lowest BCUT2D eigenvalue weighted by atomic mass is 9.87. The third-order valence-electron chi connectivity index (χ3n) is 4.14. The van der Waals surface area contributed by atoms with Crippen LogP contribution in [-0.4, -0.2) is 17.6 Å². The van der Waals surface area contributed by atoms with Crippen molar-refractivity contribution in [3.63, 3.8) is 0 Å². The molecule has 126 valence electrons. The number of nitrogens with zero attached hydrogens (tertiary/aromatic N) is 1. The first-order valence-electron chi connectivity index (χ1n) is 7.81. The quantitative estimate of drug-likeness (QED) is 0.615. The number of pyridine rings is 1. The van der Waals surface area contributed by atoms with Gasteiger partial charge in [0, 0.05) is 5.39 Å². The Kier molecular flexibility index (Phi) is 5.33. The lowest BCUT2D eigenvalue weighted by molar-refractivity contribution is -0.148. The molecule has 1 aromatic carbocycles. The Balaban J connectivity index is 1.99. The Morgan fingerprint density at radius 3 is 2.83 bits per heavy atom. The van der Waals surface area contributed by atoms with Gasteiger partial charge >= 0.3 is 5.97 Å². The second-order valence-electron chi connectivity index (χ2n) is 5.71. The summed E-state index contributed by atoms with van der Waals surface area (Å²) in [4.78, 5) is 16.7. The van der Waals surface area contributed by atoms with Crippen molar-refractivity contribution in [3.8, 4) is 0 Å². The van der Waals surface area contributed by atoms with Gasteiger partial charge in [0.1, 0.15) is 0 Å². The third kappa shape index (κ3) is 3.39. The summed E-state index contributed by atoms with van der Waals surface area (Å²) < 4.78 is 5.14. The van der Waals surface area contributed by atoms with Crippen LogP contribution in [0.1, 0.15) is 31.9 Å². The molecule has 2 aromatic rings. The maximum Gasteiger partial charge on any atom is 0.309 e. The molecule has 6 heteroatoms. The van der Waals surface area contributed by atoms with Crippen LogP contribution in [0, 0.1) is 5.92 Å². The molecule has 0 spiro atoms. The highest BCUT2D eigenvalue weighted by Crippen LogP contribution is 2.37. The molecular weight excluding hydrogens is 369 g/mol. The fourth-order valence-electron chi connectivity index (χ4n) is 2.94. The summed E-state index contributed by atoms with van der Waals surface area (Å²) in [5, 5.41) is 2.14. The van der Waals surface area contributed by atoms with Crippen LogP contribution in [0.3, 0.4) is 0 Å². The van der Waals surface area contributed by atoms with Gasteiger partial charge in [0.25, 0.3) is 0 Å². The smallest absolute Gasteiger partial charge is 0.309 e. The Morgan fingerprint density at radius 2 is 2.08 bits per heavy atom. The molecule has 0 N–H and O–H groups in total. The van der Waals surface area contributed by atoms with E-state index in [0.29, 0.717) is 33.6 Å². The highest BCUT2D eigenvalue weighted by molar-refractivity contribution is 6.46. The summed E-state index contributed by atoms with van der Waals surface area (Å²) in [6.45, 7) is 2.20. The number of hydrogen-bond acceptors (Lipinski definition) is 3. The molecule has 0 amide bonds. The zero-order valence-electron chi connectivity index (χ0n) is 13.1. The number of aromatic nitrogens is 1. The number of benzene rings is 1. The fourth-order valence-corrected chi connectivity index (χ4v) is 3.55. The lowest BCUT2D eigenvalue weighted by Gasteiger charge is -2.21.